The highest BCUT2D eigenvalue weighted by Gasteiger charge is 2.49. The number of methoxy groups -OCH3 is 1. The summed E-state index contributed by atoms with van der Waals surface area (Å²) in [4.78, 5) is 8.57. The Hall–Kier alpha value is -2.27. The molecule has 4 atom stereocenters. The molecule has 7 nitrogen and oxygen atoms in total. The van der Waals surface area contributed by atoms with Gasteiger partial charge in [-0.2, -0.15) is 0 Å². The molecule has 32 heavy (non-hydrogen) atoms. The molecule has 3 aromatic rings. The van der Waals surface area contributed by atoms with Gasteiger partial charge in [0.05, 0.1) is 35.3 Å². The Morgan fingerprint density at radius 2 is 1.94 bits per heavy atom. The summed E-state index contributed by atoms with van der Waals surface area (Å²) in [6, 6.07) is 6.29. The molecule has 0 bridgehead atoms. The first-order chi connectivity index (χ1) is 15.4. The van der Waals surface area contributed by atoms with Crippen LogP contribution in [0.1, 0.15) is 0 Å². The summed E-state index contributed by atoms with van der Waals surface area (Å²) in [6.45, 7) is 0.205. The van der Waals surface area contributed by atoms with Gasteiger partial charge in [-0.1, -0.05) is 11.6 Å². The largest absolute Gasteiger partial charge is 0.493 e. The molecule has 168 valence electrons. The molecule has 0 aliphatic carbocycles. The van der Waals surface area contributed by atoms with Crippen molar-refractivity contribution in [3.63, 3.8) is 0 Å². The van der Waals surface area contributed by atoms with E-state index in [0.29, 0.717) is 33.9 Å². The monoisotopic (exact) mass is 527 g/mol. The SMILES string of the molecule is COc1cc2c(Nc3cc(F)c(Br)c(Cl)c3)ncnc2cc1O[C@@H]1CO[C@@H]2C1OC[C@H]2F. The van der Waals surface area contributed by atoms with Crippen molar-refractivity contribution in [2.75, 3.05) is 25.6 Å². The molecule has 0 spiro atoms. The molecule has 1 aromatic heterocycles. The quantitative estimate of drug-likeness (QED) is 0.476. The summed E-state index contributed by atoms with van der Waals surface area (Å²) in [5.41, 5.74) is 0.983. The van der Waals surface area contributed by atoms with Gasteiger partial charge in [-0.3, -0.25) is 0 Å². The number of alkyl halides is 1. The maximum absolute atomic E-state index is 14.1. The van der Waals surface area contributed by atoms with E-state index in [9.17, 15) is 8.78 Å². The highest BCUT2D eigenvalue weighted by molar-refractivity contribution is 9.10. The number of aromatic nitrogens is 2. The average molecular weight is 529 g/mol. The number of ether oxygens (including phenoxy) is 4. The van der Waals surface area contributed by atoms with Gasteiger partial charge in [0.25, 0.3) is 0 Å². The zero-order valence-corrected chi connectivity index (χ0v) is 19.0. The van der Waals surface area contributed by atoms with Gasteiger partial charge in [-0.05, 0) is 34.1 Å². The van der Waals surface area contributed by atoms with Crippen LogP contribution in [0.5, 0.6) is 11.5 Å². The number of nitrogens with one attached hydrogen (secondary N) is 1. The minimum Gasteiger partial charge on any atom is -0.493 e. The van der Waals surface area contributed by atoms with Crippen molar-refractivity contribution in [1.82, 2.24) is 9.97 Å². The molecule has 1 N–H and O–H groups in total. The lowest BCUT2D eigenvalue weighted by Gasteiger charge is -2.20. The molecular formula is C21H17BrClF2N3O4. The van der Waals surface area contributed by atoms with Crippen LogP contribution in [0.2, 0.25) is 5.02 Å². The van der Waals surface area contributed by atoms with Gasteiger partial charge in [-0.25, -0.2) is 18.7 Å². The van der Waals surface area contributed by atoms with Crippen molar-refractivity contribution in [3.8, 4) is 11.5 Å². The maximum Gasteiger partial charge on any atom is 0.164 e. The van der Waals surface area contributed by atoms with Crippen molar-refractivity contribution in [1.29, 1.82) is 0 Å². The van der Waals surface area contributed by atoms with E-state index in [1.54, 1.807) is 18.2 Å². The van der Waals surface area contributed by atoms with Crippen molar-refractivity contribution < 1.29 is 27.7 Å². The summed E-state index contributed by atoms with van der Waals surface area (Å²) in [6.07, 6.45) is -1.36. The number of anilines is 2. The first kappa shape index (κ1) is 21.6. The van der Waals surface area contributed by atoms with E-state index in [1.165, 1.54) is 19.5 Å². The molecule has 2 aromatic carbocycles. The van der Waals surface area contributed by atoms with Crippen LogP contribution in [0, 0.1) is 5.82 Å². The second kappa shape index (κ2) is 8.58. The van der Waals surface area contributed by atoms with Crippen molar-refractivity contribution >= 4 is 49.9 Å². The average Bonchev–Trinajstić information content (AvgIpc) is 3.35. The van der Waals surface area contributed by atoms with Crippen LogP contribution < -0.4 is 14.8 Å². The number of halogens is 4. The fraction of sp³-hybridized carbons (Fsp3) is 0.333. The standard InChI is InChI=1S/C21H17BrClF2N3O4/c1-29-15-4-10-14(5-16(15)32-17-7-31-19-13(25)6-30-20(17)19)26-8-27-21(10)28-9-2-11(23)18(22)12(24)3-9/h2-5,8,13,17,19-20H,6-7H2,1H3,(H,26,27,28)/t13-,17-,19+,20?/m1/s1. The Morgan fingerprint density at radius 3 is 2.72 bits per heavy atom. The van der Waals surface area contributed by atoms with E-state index >= 15 is 0 Å². The molecule has 0 radical (unpaired) electrons. The third-order valence-corrected chi connectivity index (χ3v) is 6.73. The van der Waals surface area contributed by atoms with Crippen LogP contribution in [-0.4, -0.2) is 54.8 Å². The van der Waals surface area contributed by atoms with Gasteiger partial charge < -0.3 is 24.3 Å². The third kappa shape index (κ3) is 3.85. The summed E-state index contributed by atoms with van der Waals surface area (Å²) in [5, 5.41) is 3.91. The Kier molecular flexibility index (Phi) is 5.79. The maximum atomic E-state index is 14.1. The van der Waals surface area contributed by atoms with Crippen LogP contribution in [0.15, 0.2) is 35.1 Å². The molecule has 3 heterocycles. The number of hydrogen-bond donors (Lipinski definition) is 1. The Morgan fingerprint density at radius 1 is 1.12 bits per heavy atom. The number of fused-ring (bicyclic) bond motifs is 2. The number of benzene rings is 2. The van der Waals surface area contributed by atoms with Crippen LogP contribution in [0.4, 0.5) is 20.3 Å². The molecule has 2 aliphatic rings. The minimum absolute atomic E-state index is 0.00697. The summed E-state index contributed by atoms with van der Waals surface area (Å²) in [7, 11) is 1.51. The normalized spacial score (nSPS) is 24.5. The van der Waals surface area contributed by atoms with Crippen molar-refractivity contribution in [2.45, 2.75) is 24.5 Å². The lowest BCUT2D eigenvalue weighted by Crippen LogP contribution is -2.33. The van der Waals surface area contributed by atoms with E-state index in [2.05, 4.69) is 31.2 Å². The minimum atomic E-state index is -1.16. The second-order valence-electron chi connectivity index (χ2n) is 7.39. The molecule has 11 heteroatoms. The zero-order valence-electron chi connectivity index (χ0n) is 16.6. The predicted octanol–water partition coefficient (Wildman–Crippen LogP) is 4.82. The summed E-state index contributed by atoms with van der Waals surface area (Å²) >= 11 is 9.15. The Balaban J connectivity index is 1.46. The van der Waals surface area contributed by atoms with Crippen LogP contribution >= 0.6 is 27.5 Å². The molecule has 5 rings (SSSR count). The Labute approximate surface area is 195 Å². The zero-order chi connectivity index (χ0) is 22.4. The van der Waals surface area contributed by atoms with E-state index < -0.39 is 30.3 Å². The predicted molar refractivity (Wildman–Crippen MR) is 117 cm³/mol. The van der Waals surface area contributed by atoms with Crippen LogP contribution in [0.3, 0.4) is 0 Å². The Bertz CT molecular complexity index is 1160. The highest BCUT2D eigenvalue weighted by atomic mass is 79.9. The van der Waals surface area contributed by atoms with E-state index in [4.69, 9.17) is 30.5 Å². The molecule has 2 saturated heterocycles. The fourth-order valence-corrected chi connectivity index (χ4v) is 4.30. The van der Waals surface area contributed by atoms with Crippen LogP contribution in [-0.2, 0) is 9.47 Å². The van der Waals surface area contributed by atoms with Gasteiger partial charge in [0.2, 0.25) is 0 Å². The molecule has 0 amide bonds. The van der Waals surface area contributed by atoms with Crippen molar-refractivity contribution in [2.24, 2.45) is 0 Å². The smallest absolute Gasteiger partial charge is 0.164 e. The molecule has 1 unspecified atom stereocenters. The van der Waals surface area contributed by atoms with Gasteiger partial charge in [0.15, 0.2) is 23.8 Å². The highest BCUT2D eigenvalue weighted by Crippen LogP contribution is 2.38. The summed E-state index contributed by atoms with van der Waals surface area (Å²) in [5.74, 6) is 0.769. The van der Waals surface area contributed by atoms with E-state index in [0.717, 1.165) is 0 Å². The van der Waals surface area contributed by atoms with E-state index in [1.807, 2.05) is 0 Å². The van der Waals surface area contributed by atoms with Gasteiger partial charge in [-0.15, -0.1) is 0 Å². The third-order valence-electron chi connectivity index (χ3n) is 5.39. The first-order valence-electron chi connectivity index (χ1n) is 9.73. The van der Waals surface area contributed by atoms with Gasteiger partial charge >= 0.3 is 0 Å². The number of hydrogen-bond acceptors (Lipinski definition) is 7. The first-order valence-corrected chi connectivity index (χ1v) is 10.9. The fourth-order valence-electron chi connectivity index (χ4n) is 3.86. The van der Waals surface area contributed by atoms with Crippen molar-refractivity contribution in [3.05, 3.63) is 45.9 Å². The topological polar surface area (TPSA) is 74.7 Å². The molecule has 0 saturated carbocycles. The molecule has 2 fully saturated rings. The summed E-state index contributed by atoms with van der Waals surface area (Å²) < 4.78 is 50.7. The number of nitrogens with zero attached hydrogens (tertiary/aromatic N) is 2. The second-order valence-corrected chi connectivity index (χ2v) is 8.59. The van der Waals surface area contributed by atoms with Gasteiger partial charge in [0.1, 0.15) is 30.2 Å². The molecule has 2 aliphatic heterocycles. The van der Waals surface area contributed by atoms with Crippen LogP contribution in [0.25, 0.3) is 10.9 Å². The number of rotatable bonds is 5. The van der Waals surface area contributed by atoms with E-state index in [-0.39, 0.29) is 22.7 Å². The molecular weight excluding hydrogens is 512 g/mol. The lowest BCUT2D eigenvalue weighted by atomic mass is 10.1. The lowest BCUT2D eigenvalue weighted by molar-refractivity contribution is 0.0271. The van der Waals surface area contributed by atoms with Gasteiger partial charge in [0, 0.05) is 17.1 Å².